The first kappa shape index (κ1) is 15.1. The van der Waals surface area contributed by atoms with Gasteiger partial charge >= 0.3 is 0 Å². The molecule has 2 aromatic carbocycles. The number of ether oxygens (including phenoxy) is 1. The summed E-state index contributed by atoms with van der Waals surface area (Å²) in [5, 5.41) is 3.48. The van der Waals surface area contributed by atoms with Gasteiger partial charge < -0.3 is 14.6 Å². The third-order valence-corrected chi connectivity index (χ3v) is 4.32. The molecule has 0 radical (unpaired) electrons. The van der Waals surface area contributed by atoms with E-state index in [1.54, 1.807) is 0 Å². The fraction of sp³-hybridized carbons (Fsp3) is 0.250. The molecule has 1 aliphatic rings. The van der Waals surface area contributed by atoms with Crippen LogP contribution in [-0.4, -0.2) is 22.2 Å². The number of fused-ring (bicyclic) bond motifs is 1. The highest BCUT2D eigenvalue weighted by molar-refractivity contribution is 5.58. The first-order valence-corrected chi connectivity index (χ1v) is 8.36. The fourth-order valence-electron chi connectivity index (χ4n) is 3.04. The van der Waals surface area contributed by atoms with Gasteiger partial charge in [-0.05, 0) is 5.56 Å². The molecule has 0 saturated carbocycles. The van der Waals surface area contributed by atoms with Crippen molar-refractivity contribution in [2.75, 3.05) is 6.54 Å². The molecule has 1 N–H and O–H groups in total. The zero-order chi connectivity index (χ0) is 16.2. The van der Waals surface area contributed by atoms with Crippen molar-refractivity contribution in [3.05, 3.63) is 78.2 Å². The second-order valence-electron chi connectivity index (χ2n) is 6.11. The van der Waals surface area contributed by atoms with Crippen LogP contribution >= 0.6 is 0 Å². The Bertz CT molecular complexity index is 783. The predicted molar refractivity (Wildman–Crippen MR) is 94.4 cm³/mol. The van der Waals surface area contributed by atoms with Gasteiger partial charge in [0.2, 0.25) is 0 Å². The van der Waals surface area contributed by atoms with E-state index < -0.39 is 0 Å². The summed E-state index contributed by atoms with van der Waals surface area (Å²) in [7, 11) is 0. The van der Waals surface area contributed by atoms with E-state index in [1.165, 1.54) is 5.56 Å². The fourth-order valence-corrected chi connectivity index (χ4v) is 3.04. The quantitative estimate of drug-likeness (QED) is 0.785. The van der Waals surface area contributed by atoms with Crippen LogP contribution in [0.1, 0.15) is 11.4 Å². The Morgan fingerprint density at radius 1 is 1.04 bits per heavy atom. The minimum Gasteiger partial charge on any atom is -0.367 e. The lowest BCUT2D eigenvalue weighted by molar-refractivity contribution is 0.00278. The Morgan fingerprint density at radius 3 is 2.58 bits per heavy atom. The molecule has 1 aliphatic heterocycles. The molecule has 0 amide bonds. The zero-order valence-corrected chi connectivity index (χ0v) is 13.6. The van der Waals surface area contributed by atoms with Crippen LogP contribution in [-0.2, 0) is 24.4 Å². The molecule has 4 heteroatoms. The molecule has 0 bridgehead atoms. The van der Waals surface area contributed by atoms with Crippen molar-refractivity contribution in [2.45, 2.75) is 25.8 Å². The van der Waals surface area contributed by atoms with Gasteiger partial charge in [0.05, 0.1) is 18.3 Å². The molecule has 0 saturated heterocycles. The largest absolute Gasteiger partial charge is 0.367 e. The molecule has 24 heavy (non-hydrogen) atoms. The number of benzene rings is 2. The van der Waals surface area contributed by atoms with Crippen molar-refractivity contribution in [3.8, 4) is 11.3 Å². The Balaban J connectivity index is 1.36. The third-order valence-electron chi connectivity index (χ3n) is 4.32. The summed E-state index contributed by atoms with van der Waals surface area (Å²) in [4.78, 5) is 4.70. The van der Waals surface area contributed by atoms with Gasteiger partial charge in [-0.3, -0.25) is 0 Å². The van der Waals surface area contributed by atoms with E-state index in [-0.39, 0.29) is 6.10 Å². The Kier molecular flexibility index (Phi) is 4.40. The molecule has 4 rings (SSSR count). The van der Waals surface area contributed by atoms with Crippen LogP contribution in [0.15, 0.2) is 66.9 Å². The van der Waals surface area contributed by atoms with Gasteiger partial charge in [0, 0.05) is 24.8 Å². The first-order chi connectivity index (χ1) is 11.9. The van der Waals surface area contributed by atoms with Crippen molar-refractivity contribution in [3.63, 3.8) is 0 Å². The number of imidazole rings is 1. The second kappa shape index (κ2) is 6.99. The summed E-state index contributed by atoms with van der Waals surface area (Å²) in [6, 6.07) is 20.7. The number of hydrogen-bond donors (Lipinski definition) is 1. The summed E-state index contributed by atoms with van der Waals surface area (Å²) in [5.74, 6) is 1.01. The molecule has 0 unspecified atom stereocenters. The number of nitrogens with one attached hydrogen (secondary N) is 1. The van der Waals surface area contributed by atoms with Crippen molar-refractivity contribution >= 4 is 0 Å². The van der Waals surface area contributed by atoms with Gasteiger partial charge in [0.25, 0.3) is 0 Å². The maximum absolute atomic E-state index is 5.95. The minimum absolute atomic E-state index is 0.180. The lowest BCUT2D eigenvalue weighted by Gasteiger charge is -2.24. The summed E-state index contributed by atoms with van der Waals surface area (Å²) < 4.78 is 8.17. The van der Waals surface area contributed by atoms with Crippen molar-refractivity contribution in [1.29, 1.82) is 0 Å². The molecule has 1 aromatic heterocycles. The smallest absolute Gasteiger partial charge is 0.135 e. The monoisotopic (exact) mass is 319 g/mol. The van der Waals surface area contributed by atoms with Crippen LogP contribution in [0.2, 0.25) is 0 Å². The molecule has 2 heterocycles. The number of rotatable bonds is 5. The van der Waals surface area contributed by atoms with E-state index in [0.717, 1.165) is 36.7 Å². The van der Waals surface area contributed by atoms with Crippen LogP contribution in [0.5, 0.6) is 0 Å². The van der Waals surface area contributed by atoms with Crippen LogP contribution in [0.4, 0.5) is 0 Å². The molecule has 3 aromatic rings. The maximum Gasteiger partial charge on any atom is 0.135 e. The lowest BCUT2D eigenvalue weighted by Crippen LogP contribution is -2.35. The van der Waals surface area contributed by atoms with E-state index in [2.05, 4.69) is 52.5 Å². The van der Waals surface area contributed by atoms with Crippen molar-refractivity contribution in [1.82, 2.24) is 14.9 Å². The van der Waals surface area contributed by atoms with Crippen molar-refractivity contribution in [2.24, 2.45) is 0 Å². The zero-order valence-electron chi connectivity index (χ0n) is 13.6. The Morgan fingerprint density at radius 2 is 1.79 bits per heavy atom. The Labute approximate surface area is 142 Å². The van der Waals surface area contributed by atoms with Gasteiger partial charge in [-0.15, -0.1) is 0 Å². The highest BCUT2D eigenvalue weighted by atomic mass is 16.5. The molecule has 122 valence electrons. The average molecular weight is 319 g/mol. The van der Waals surface area contributed by atoms with Crippen LogP contribution in [0, 0.1) is 0 Å². The van der Waals surface area contributed by atoms with Crippen molar-refractivity contribution < 1.29 is 4.74 Å². The normalized spacial score (nSPS) is 16.8. The highest BCUT2D eigenvalue weighted by Gasteiger charge is 2.20. The summed E-state index contributed by atoms with van der Waals surface area (Å²) >= 11 is 0. The Hall–Kier alpha value is -2.43. The van der Waals surface area contributed by atoms with E-state index >= 15 is 0 Å². The second-order valence-corrected chi connectivity index (χ2v) is 6.11. The number of hydrogen-bond acceptors (Lipinski definition) is 3. The number of aromatic nitrogens is 2. The average Bonchev–Trinajstić information content (AvgIpc) is 3.07. The number of nitrogens with zero attached hydrogens (tertiary/aromatic N) is 2. The molecule has 0 aliphatic carbocycles. The van der Waals surface area contributed by atoms with Crippen LogP contribution < -0.4 is 5.32 Å². The standard InChI is InChI=1S/C20H21N3O/c1-3-7-16(8-4-1)11-21-12-18-13-23-14-19(22-20(23)15-24-18)17-9-5-2-6-10-17/h1-10,14,18,21H,11-13,15H2/t18-/m0/s1. The van der Waals surface area contributed by atoms with E-state index in [1.807, 2.05) is 24.3 Å². The first-order valence-electron chi connectivity index (χ1n) is 8.36. The maximum atomic E-state index is 5.95. The topological polar surface area (TPSA) is 39.1 Å². The molecular formula is C20H21N3O. The van der Waals surface area contributed by atoms with E-state index in [4.69, 9.17) is 9.72 Å². The summed E-state index contributed by atoms with van der Waals surface area (Å²) in [5.41, 5.74) is 3.47. The van der Waals surface area contributed by atoms with Crippen LogP contribution in [0.25, 0.3) is 11.3 Å². The SMILES string of the molecule is c1ccc(CNC[C@H]2Cn3cc(-c4ccccc4)nc3CO2)cc1. The molecule has 1 atom stereocenters. The predicted octanol–water partition coefficient (Wildman–Crippen LogP) is 3.24. The molecule has 0 spiro atoms. The minimum atomic E-state index is 0.180. The molecule has 0 fully saturated rings. The third kappa shape index (κ3) is 3.40. The van der Waals surface area contributed by atoms with Gasteiger partial charge in [-0.25, -0.2) is 4.98 Å². The highest BCUT2D eigenvalue weighted by Crippen LogP contribution is 2.21. The van der Waals surface area contributed by atoms with Gasteiger partial charge in [0.15, 0.2) is 0 Å². The van der Waals surface area contributed by atoms with Crippen LogP contribution in [0.3, 0.4) is 0 Å². The van der Waals surface area contributed by atoms with E-state index in [9.17, 15) is 0 Å². The molecule has 4 nitrogen and oxygen atoms in total. The lowest BCUT2D eigenvalue weighted by atomic mass is 10.2. The molecular weight excluding hydrogens is 298 g/mol. The summed E-state index contributed by atoms with van der Waals surface area (Å²) in [6.07, 6.45) is 2.32. The van der Waals surface area contributed by atoms with E-state index in [0.29, 0.717) is 6.61 Å². The van der Waals surface area contributed by atoms with Gasteiger partial charge in [-0.1, -0.05) is 60.7 Å². The summed E-state index contributed by atoms with van der Waals surface area (Å²) in [6.45, 7) is 3.13. The van der Waals surface area contributed by atoms with Gasteiger partial charge in [-0.2, -0.15) is 0 Å². The van der Waals surface area contributed by atoms with Gasteiger partial charge in [0.1, 0.15) is 12.4 Å².